The molecule has 8 heteroatoms. The van der Waals surface area contributed by atoms with Gasteiger partial charge in [-0.1, -0.05) is 24.3 Å². The van der Waals surface area contributed by atoms with Gasteiger partial charge in [0.15, 0.2) is 0 Å². The Balaban J connectivity index is 1.77. The highest BCUT2D eigenvalue weighted by Gasteiger charge is 2.46. The van der Waals surface area contributed by atoms with Gasteiger partial charge in [-0.25, -0.2) is 8.42 Å². The lowest BCUT2D eigenvalue weighted by Crippen LogP contribution is -2.51. The first kappa shape index (κ1) is 18.2. The summed E-state index contributed by atoms with van der Waals surface area (Å²) < 4.78 is 66.1. The van der Waals surface area contributed by atoms with E-state index >= 15 is 0 Å². The molecule has 2 atom stereocenters. The van der Waals surface area contributed by atoms with Crippen molar-refractivity contribution in [3.8, 4) is 0 Å². The Morgan fingerprint density at radius 3 is 2.26 bits per heavy atom. The van der Waals surface area contributed by atoms with Gasteiger partial charge in [0.05, 0.1) is 16.5 Å². The summed E-state index contributed by atoms with van der Waals surface area (Å²) in [5, 5.41) is 0. The lowest BCUT2D eigenvalue weighted by Gasteiger charge is -2.45. The fraction of sp³-hybridized carbons (Fsp3) is 0.316. The number of ketones is 1. The number of benzene rings is 2. The number of rotatable bonds is 2. The Kier molecular flexibility index (Phi) is 4.16. The number of carbonyl (C=O) groups excluding carboxylic acids is 1. The second kappa shape index (κ2) is 6.17. The summed E-state index contributed by atoms with van der Waals surface area (Å²) in [5.74, 6) is -0.00151. The number of hydrogen-bond donors (Lipinski definition) is 0. The largest absolute Gasteiger partial charge is 0.416 e. The smallest absolute Gasteiger partial charge is 0.300 e. The molecule has 2 heterocycles. The zero-order valence-corrected chi connectivity index (χ0v) is 14.9. The van der Waals surface area contributed by atoms with Gasteiger partial charge in [-0.2, -0.15) is 17.5 Å². The van der Waals surface area contributed by atoms with Crippen molar-refractivity contribution < 1.29 is 26.4 Å². The van der Waals surface area contributed by atoms with Crippen molar-refractivity contribution in [2.45, 2.75) is 42.4 Å². The second-order valence-electron chi connectivity index (χ2n) is 6.88. The van der Waals surface area contributed by atoms with Crippen molar-refractivity contribution in [2.24, 2.45) is 0 Å². The minimum absolute atomic E-state index is 0.00151. The number of alkyl halides is 3. The van der Waals surface area contributed by atoms with Gasteiger partial charge in [-0.15, -0.1) is 0 Å². The molecule has 0 radical (unpaired) electrons. The van der Waals surface area contributed by atoms with Gasteiger partial charge < -0.3 is 0 Å². The van der Waals surface area contributed by atoms with Crippen molar-refractivity contribution in [3.05, 3.63) is 65.2 Å². The molecule has 27 heavy (non-hydrogen) atoms. The summed E-state index contributed by atoms with van der Waals surface area (Å²) >= 11 is 0. The quantitative estimate of drug-likeness (QED) is 0.779. The number of nitrogens with zero attached hydrogens (tertiary/aromatic N) is 1. The number of fused-ring (bicyclic) bond motifs is 4. The van der Waals surface area contributed by atoms with Crippen LogP contribution in [-0.4, -0.2) is 24.5 Å². The van der Waals surface area contributed by atoms with Crippen molar-refractivity contribution in [1.29, 1.82) is 0 Å². The predicted molar refractivity (Wildman–Crippen MR) is 91.4 cm³/mol. The van der Waals surface area contributed by atoms with Gasteiger partial charge in [-0.05, 0) is 41.8 Å². The number of Topliss-reactive ketones (excluding diaryl/α,β-unsaturated/α-hetero) is 1. The third kappa shape index (κ3) is 3.06. The van der Waals surface area contributed by atoms with E-state index in [9.17, 15) is 26.4 Å². The van der Waals surface area contributed by atoms with Crippen molar-refractivity contribution >= 4 is 15.8 Å². The molecule has 142 valence electrons. The first-order valence-corrected chi connectivity index (χ1v) is 9.92. The maximum Gasteiger partial charge on any atom is 0.416 e. The van der Waals surface area contributed by atoms with Crippen LogP contribution < -0.4 is 0 Å². The summed E-state index contributed by atoms with van der Waals surface area (Å²) in [7, 11) is -4.04. The summed E-state index contributed by atoms with van der Waals surface area (Å²) in [5.41, 5.74) is 0.900. The van der Waals surface area contributed by atoms with E-state index in [0.29, 0.717) is 6.42 Å². The lowest BCUT2D eigenvalue weighted by atomic mass is 9.81. The van der Waals surface area contributed by atoms with E-state index in [-0.39, 0.29) is 23.5 Å². The summed E-state index contributed by atoms with van der Waals surface area (Å²) in [4.78, 5) is 11.9. The molecule has 2 aliphatic heterocycles. The molecule has 0 saturated carbocycles. The average Bonchev–Trinajstić information content (AvgIpc) is 2.60. The molecule has 4 nitrogen and oxygen atoms in total. The molecule has 0 N–H and O–H groups in total. The van der Waals surface area contributed by atoms with Crippen LogP contribution in [0, 0.1) is 0 Å². The molecule has 2 bridgehead atoms. The molecule has 2 aliphatic rings. The Bertz CT molecular complexity index is 1000. The molecule has 1 unspecified atom stereocenters. The summed E-state index contributed by atoms with van der Waals surface area (Å²) in [6.45, 7) is 0. The number of hydrogen-bond acceptors (Lipinski definition) is 3. The van der Waals surface area contributed by atoms with Crippen LogP contribution in [-0.2, 0) is 27.4 Å². The van der Waals surface area contributed by atoms with Gasteiger partial charge in [0.2, 0.25) is 10.0 Å². The first-order valence-electron chi connectivity index (χ1n) is 8.48. The molecule has 1 fully saturated rings. The van der Waals surface area contributed by atoms with Gasteiger partial charge in [0, 0.05) is 18.9 Å². The van der Waals surface area contributed by atoms with E-state index in [0.717, 1.165) is 35.4 Å². The van der Waals surface area contributed by atoms with Crippen molar-refractivity contribution in [1.82, 2.24) is 4.31 Å². The molecule has 0 amide bonds. The molecule has 2 aromatic carbocycles. The van der Waals surface area contributed by atoms with E-state index < -0.39 is 33.8 Å². The van der Waals surface area contributed by atoms with Crippen LogP contribution in [0.25, 0.3) is 0 Å². The zero-order valence-electron chi connectivity index (χ0n) is 14.1. The first-order chi connectivity index (χ1) is 12.7. The van der Waals surface area contributed by atoms with Gasteiger partial charge >= 0.3 is 6.18 Å². The number of piperidine rings is 1. The van der Waals surface area contributed by atoms with Gasteiger partial charge in [0.1, 0.15) is 5.78 Å². The van der Waals surface area contributed by atoms with Crippen LogP contribution in [0.2, 0.25) is 0 Å². The zero-order chi connectivity index (χ0) is 19.4. The Hall–Kier alpha value is -2.19. The number of sulfonamides is 1. The molecule has 0 spiro atoms. The van der Waals surface area contributed by atoms with Crippen LogP contribution in [0.5, 0.6) is 0 Å². The monoisotopic (exact) mass is 395 g/mol. The molecular weight excluding hydrogens is 379 g/mol. The van der Waals surface area contributed by atoms with E-state index in [1.165, 1.54) is 4.31 Å². The molecule has 1 saturated heterocycles. The fourth-order valence-electron chi connectivity index (χ4n) is 4.01. The normalized spacial score (nSPS) is 23.1. The molecular formula is C19H16F3NO3S. The molecule has 0 aromatic heterocycles. The third-order valence-electron chi connectivity index (χ3n) is 5.18. The highest BCUT2D eigenvalue weighted by Crippen LogP contribution is 2.44. The molecule has 0 aliphatic carbocycles. The number of carbonyl (C=O) groups is 1. The Morgan fingerprint density at radius 2 is 1.59 bits per heavy atom. The van der Waals surface area contributed by atoms with Crippen LogP contribution in [0.15, 0.2) is 53.4 Å². The minimum atomic E-state index is -4.53. The SMILES string of the molecule is O=C1CC2Cc3ccccc3[C@H](C1)N2S(=O)(=O)c1ccc(C(F)(F)F)cc1. The van der Waals surface area contributed by atoms with Crippen LogP contribution >= 0.6 is 0 Å². The maximum absolute atomic E-state index is 13.2. The Labute approximate surface area is 154 Å². The number of halogens is 3. The summed E-state index contributed by atoms with van der Waals surface area (Å²) in [6.07, 6.45) is -3.92. The van der Waals surface area contributed by atoms with Crippen LogP contribution in [0.3, 0.4) is 0 Å². The van der Waals surface area contributed by atoms with E-state index in [1.54, 1.807) is 6.07 Å². The highest BCUT2D eigenvalue weighted by atomic mass is 32.2. The fourth-order valence-corrected chi connectivity index (χ4v) is 5.79. The molecule has 4 rings (SSSR count). The highest BCUT2D eigenvalue weighted by molar-refractivity contribution is 7.89. The lowest BCUT2D eigenvalue weighted by molar-refractivity contribution is -0.137. The summed E-state index contributed by atoms with van der Waals surface area (Å²) in [6, 6.07) is 9.77. The molecule has 2 aromatic rings. The average molecular weight is 395 g/mol. The van der Waals surface area contributed by atoms with E-state index in [4.69, 9.17) is 0 Å². The topological polar surface area (TPSA) is 54.5 Å². The van der Waals surface area contributed by atoms with Gasteiger partial charge in [0.25, 0.3) is 0 Å². The van der Waals surface area contributed by atoms with Crippen molar-refractivity contribution in [3.63, 3.8) is 0 Å². The minimum Gasteiger partial charge on any atom is -0.300 e. The van der Waals surface area contributed by atoms with E-state index in [1.807, 2.05) is 18.2 Å². The van der Waals surface area contributed by atoms with Crippen LogP contribution in [0.1, 0.15) is 35.6 Å². The predicted octanol–water partition coefficient (Wildman–Crippen LogP) is 3.73. The Morgan fingerprint density at radius 1 is 0.926 bits per heavy atom. The second-order valence-corrected chi connectivity index (χ2v) is 8.72. The standard InChI is InChI=1S/C19H16F3NO3S/c20-19(21,22)13-5-7-16(8-6-13)27(25,26)23-14-9-12-3-1-2-4-17(12)18(23)11-15(24)10-14/h1-8,14,18H,9-11H2/t14?,18-/m0/s1. The van der Waals surface area contributed by atoms with Crippen LogP contribution in [0.4, 0.5) is 13.2 Å². The maximum atomic E-state index is 13.2. The van der Waals surface area contributed by atoms with Crippen molar-refractivity contribution in [2.75, 3.05) is 0 Å². The van der Waals surface area contributed by atoms with E-state index in [2.05, 4.69) is 0 Å². The third-order valence-corrected chi connectivity index (χ3v) is 7.15. The van der Waals surface area contributed by atoms with Gasteiger partial charge in [-0.3, -0.25) is 4.79 Å².